The van der Waals surface area contributed by atoms with Gasteiger partial charge in [0.25, 0.3) is 0 Å². The number of hydrogen-bond acceptors (Lipinski definition) is 5. The summed E-state index contributed by atoms with van der Waals surface area (Å²) < 4.78 is 7.17. The van der Waals surface area contributed by atoms with Crippen molar-refractivity contribution in [3.63, 3.8) is 0 Å². The summed E-state index contributed by atoms with van der Waals surface area (Å²) in [6.07, 6.45) is 2.31. The molecule has 0 saturated heterocycles. The first-order valence-corrected chi connectivity index (χ1v) is 8.83. The third-order valence-electron chi connectivity index (χ3n) is 3.79. The van der Waals surface area contributed by atoms with Crippen molar-refractivity contribution in [3.05, 3.63) is 35.7 Å². The molecule has 0 amide bonds. The summed E-state index contributed by atoms with van der Waals surface area (Å²) in [6.45, 7) is 6.11. The molecule has 1 fully saturated rings. The van der Waals surface area contributed by atoms with Crippen LogP contribution in [0.1, 0.15) is 44.0 Å². The molecule has 1 heterocycles. The minimum Gasteiger partial charge on any atom is -0.465 e. The van der Waals surface area contributed by atoms with Gasteiger partial charge in [-0.2, -0.15) is 0 Å². The number of hydrogen-bond donors (Lipinski definition) is 0. The van der Waals surface area contributed by atoms with E-state index in [2.05, 4.69) is 46.0 Å². The minimum atomic E-state index is -0.310. The van der Waals surface area contributed by atoms with E-state index in [-0.39, 0.29) is 11.2 Å². The van der Waals surface area contributed by atoms with Crippen molar-refractivity contribution in [2.75, 3.05) is 6.61 Å². The Kier molecular flexibility index (Phi) is 4.71. The Morgan fingerprint density at radius 3 is 2.65 bits per heavy atom. The molecule has 1 saturated carbocycles. The predicted octanol–water partition coefficient (Wildman–Crippen LogP) is 3.50. The normalized spacial score (nSPS) is 15.4. The largest absolute Gasteiger partial charge is 0.465 e. The fraction of sp³-hybridized carbons (Fsp3) is 0.471. The molecule has 0 radical (unpaired) electrons. The molecule has 122 valence electrons. The second kappa shape index (κ2) is 6.74. The Morgan fingerprint density at radius 1 is 1.35 bits per heavy atom. The monoisotopic (exact) mass is 331 g/mol. The summed E-state index contributed by atoms with van der Waals surface area (Å²) in [4.78, 5) is 11.9. The quantitative estimate of drug-likeness (QED) is 0.599. The van der Waals surface area contributed by atoms with Crippen LogP contribution in [0.15, 0.2) is 29.4 Å². The van der Waals surface area contributed by atoms with Gasteiger partial charge in [0.15, 0.2) is 5.16 Å². The van der Waals surface area contributed by atoms with Gasteiger partial charge in [-0.05, 0) is 45.7 Å². The van der Waals surface area contributed by atoms with Crippen molar-refractivity contribution in [1.29, 1.82) is 0 Å². The van der Waals surface area contributed by atoms with Crippen LogP contribution in [0, 0.1) is 6.92 Å². The highest BCUT2D eigenvalue weighted by molar-refractivity contribution is 8.00. The van der Waals surface area contributed by atoms with Crippen LogP contribution in [-0.4, -0.2) is 32.6 Å². The molecule has 1 atom stereocenters. The molecule has 0 aliphatic heterocycles. The van der Waals surface area contributed by atoms with Crippen molar-refractivity contribution in [3.8, 4) is 5.69 Å². The van der Waals surface area contributed by atoms with Crippen LogP contribution in [0.2, 0.25) is 0 Å². The summed E-state index contributed by atoms with van der Waals surface area (Å²) in [7, 11) is 0. The molecule has 3 rings (SSSR count). The Bertz CT molecular complexity index is 692. The highest BCUT2D eigenvalue weighted by atomic mass is 32.2. The maximum Gasteiger partial charge on any atom is 0.319 e. The van der Waals surface area contributed by atoms with E-state index in [0.717, 1.165) is 29.5 Å². The maximum atomic E-state index is 11.9. The van der Waals surface area contributed by atoms with Gasteiger partial charge in [0.1, 0.15) is 11.1 Å². The topological polar surface area (TPSA) is 57.0 Å². The molecule has 2 aromatic rings. The predicted molar refractivity (Wildman–Crippen MR) is 90.0 cm³/mol. The molecule has 23 heavy (non-hydrogen) atoms. The first kappa shape index (κ1) is 16.1. The SMILES string of the molecule is CCOC(=O)[C@H](C)Sc1nnc(C2CC2)n1-c1ccc(C)cc1. The highest BCUT2D eigenvalue weighted by Crippen LogP contribution is 2.41. The number of carbonyl (C=O) groups is 1. The van der Waals surface area contributed by atoms with Crippen LogP contribution in [0.4, 0.5) is 0 Å². The van der Waals surface area contributed by atoms with Crippen molar-refractivity contribution in [2.24, 2.45) is 0 Å². The zero-order valence-corrected chi connectivity index (χ0v) is 14.5. The first-order chi connectivity index (χ1) is 11.1. The molecule has 5 nitrogen and oxygen atoms in total. The zero-order chi connectivity index (χ0) is 16.4. The molecular formula is C17H21N3O2S. The van der Waals surface area contributed by atoms with E-state index < -0.39 is 0 Å². The maximum absolute atomic E-state index is 11.9. The van der Waals surface area contributed by atoms with Crippen LogP contribution in [-0.2, 0) is 9.53 Å². The fourth-order valence-electron chi connectivity index (χ4n) is 2.37. The Balaban J connectivity index is 1.91. The Hall–Kier alpha value is -1.82. The lowest BCUT2D eigenvalue weighted by molar-refractivity contribution is -0.142. The molecule has 1 aromatic carbocycles. The number of aromatic nitrogens is 3. The second-order valence-electron chi connectivity index (χ2n) is 5.80. The standard InChI is InChI=1S/C17H21N3O2S/c1-4-22-16(21)12(3)23-17-19-18-15(13-7-8-13)20(17)14-9-5-11(2)6-10-14/h5-6,9-10,12-13H,4,7-8H2,1-3H3/t12-/m0/s1. The second-order valence-corrected chi connectivity index (χ2v) is 7.11. The van der Waals surface area contributed by atoms with Gasteiger partial charge in [0.2, 0.25) is 0 Å². The smallest absolute Gasteiger partial charge is 0.319 e. The number of esters is 1. The van der Waals surface area contributed by atoms with Crippen molar-refractivity contribution < 1.29 is 9.53 Å². The van der Waals surface area contributed by atoms with E-state index in [1.165, 1.54) is 17.3 Å². The molecule has 0 spiro atoms. The molecular weight excluding hydrogens is 310 g/mol. The number of benzene rings is 1. The fourth-order valence-corrected chi connectivity index (χ4v) is 3.24. The lowest BCUT2D eigenvalue weighted by Crippen LogP contribution is -2.17. The van der Waals surface area contributed by atoms with Crippen LogP contribution in [0.25, 0.3) is 5.69 Å². The number of ether oxygens (including phenoxy) is 1. The van der Waals surface area contributed by atoms with Gasteiger partial charge in [-0.1, -0.05) is 29.5 Å². The van der Waals surface area contributed by atoms with Gasteiger partial charge in [-0.15, -0.1) is 10.2 Å². The number of thioether (sulfide) groups is 1. The first-order valence-electron chi connectivity index (χ1n) is 7.95. The Morgan fingerprint density at radius 2 is 2.04 bits per heavy atom. The summed E-state index contributed by atoms with van der Waals surface area (Å²) in [5.74, 6) is 1.26. The summed E-state index contributed by atoms with van der Waals surface area (Å²) in [6, 6.07) is 8.30. The molecule has 6 heteroatoms. The average molecular weight is 331 g/mol. The van der Waals surface area contributed by atoms with Gasteiger partial charge < -0.3 is 4.74 Å². The van der Waals surface area contributed by atoms with E-state index in [9.17, 15) is 4.79 Å². The molecule has 1 aliphatic carbocycles. The van der Waals surface area contributed by atoms with Gasteiger partial charge >= 0.3 is 5.97 Å². The van der Waals surface area contributed by atoms with Crippen molar-refractivity contribution >= 4 is 17.7 Å². The molecule has 1 aliphatic rings. The van der Waals surface area contributed by atoms with Crippen molar-refractivity contribution in [2.45, 2.75) is 49.9 Å². The minimum absolute atomic E-state index is 0.219. The Labute approximate surface area is 140 Å². The van der Waals surface area contributed by atoms with E-state index >= 15 is 0 Å². The van der Waals surface area contributed by atoms with Crippen LogP contribution < -0.4 is 0 Å². The summed E-state index contributed by atoms with van der Waals surface area (Å²) in [5.41, 5.74) is 2.25. The molecule has 0 unspecified atom stereocenters. The van der Waals surface area contributed by atoms with E-state index in [0.29, 0.717) is 12.5 Å². The zero-order valence-electron chi connectivity index (χ0n) is 13.7. The lowest BCUT2D eigenvalue weighted by atomic mass is 10.2. The van der Waals surface area contributed by atoms with E-state index in [4.69, 9.17) is 4.74 Å². The lowest BCUT2D eigenvalue weighted by Gasteiger charge is -2.13. The number of rotatable bonds is 6. The van der Waals surface area contributed by atoms with Gasteiger partial charge in [-0.25, -0.2) is 0 Å². The number of carbonyl (C=O) groups excluding carboxylic acids is 1. The van der Waals surface area contributed by atoms with Crippen LogP contribution in [0.3, 0.4) is 0 Å². The van der Waals surface area contributed by atoms with Gasteiger partial charge in [-0.3, -0.25) is 9.36 Å². The third-order valence-corrected chi connectivity index (χ3v) is 4.81. The van der Waals surface area contributed by atoms with Gasteiger partial charge in [0, 0.05) is 11.6 Å². The van der Waals surface area contributed by atoms with Gasteiger partial charge in [0.05, 0.1) is 6.61 Å². The van der Waals surface area contributed by atoms with E-state index in [1.54, 1.807) is 0 Å². The molecule has 0 bridgehead atoms. The van der Waals surface area contributed by atoms with Crippen LogP contribution >= 0.6 is 11.8 Å². The number of aryl methyl sites for hydroxylation is 1. The van der Waals surface area contributed by atoms with E-state index in [1.807, 2.05) is 13.8 Å². The van der Waals surface area contributed by atoms with Crippen molar-refractivity contribution in [1.82, 2.24) is 14.8 Å². The average Bonchev–Trinajstić information content (AvgIpc) is 3.30. The highest BCUT2D eigenvalue weighted by Gasteiger charge is 2.32. The molecule has 0 N–H and O–H groups in total. The number of nitrogens with zero attached hydrogens (tertiary/aromatic N) is 3. The third kappa shape index (κ3) is 3.58. The summed E-state index contributed by atoms with van der Waals surface area (Å²) >= 11 is 1.40. The van der Waals surface area contributed by atoms with Crippen LogP contribution in [0.5, 0.6) is 0 Å². The molecule has 1 aromatic heterocycles. The summed E-state index contributed by atoms with van der Waals surface area (Å²) in [5, 5.41) is 9.14.